The highest BCUT2D eigenvalue weighted by atomic mass is 19.1. The standard InChI is InChI=1S/C10H9FN2O/c1-2-13-4-3-9(14)8-5-7(11)6-12-10(8)13/h3-6H,2H2,1H3. The van der Waals surface area contributed by atoms with E-state index >= 15 is 0 Å². The lowest BCUT2D eigenvalue weighted by Gasteiger charge is -2.05. The number of rotatable bonds is 1. The summed E-state index contributed by atoms with van der Waals surface area (Å²) in [5, 5.41) is 0.328. The van der Waals surface area contributed by atoms with Crippen LogP contribution in [0.5, 0.6) is 0 Å². The minimum atomic E-state index is -0.483. The van der Waals surface area contributed by atoms with Gasteiger partial charge >= 0.3 is 0 Å². The largest absolute Gasteiger partial charge is 0.333 e. The number of hydrogen-bond acceptors (Lipinski definition) is 2. The molecule has 0 saturated heterocycles. The molecule has 0 aliphatic rings. The Bertz CT molecular complexity index is 533. The number of halogens is 1. The van der Waals surface area contributed by atoms with Crippen molar-refractivity contribution in [2.45, 2.75) is 13.5 Å². The maximum absolute atomic E-state index is 12.8. The van der Waals surface area contributed by atoms with Gasteiger partial charge in [0, 0.05) is 18.8 Å². The van der Waals surface area contributed by atoms with Crippen LogP contribution in [0.2, 0.25) is 0 Å². The average Bonchev–Trinajstić information content (AvgIpc) is 2.19. The van der Waals surface area contributed by atoms with Crippen molar-refractivity contribution >= 4 is 11.0 Å². The molecule has 0 amide bonds. The van der Waals surface area contributed by atoms with E-state index in [2.05, 4.69) is 4.98 Å². The van der Waals surface area contributed by atoms with Crippen molar-refractivity contribution in [3.05, 3.63) is 40.6 Å². The summed E-state index contributed by atoms with van der Waals surface area (Å²) >= 11 is 0. The molecule has 2 aromatic heterocycles. The van der Waals surface area contributed by atoms with Gasteiger partial charge in [0.2, 0.25) is 0 Å². The molecule has 0 atom stereocenters. The first kappa shape index (κ1) is 8.87. The molecule has 0 spiro atoms. The minimum Gasteiger partial charge on any atom is -0.333 e. The molecular weight excluding hydrogens is 183 g/mol. The fourth-order valence-corrected chi connectivity index (χ4v) is 1.42. The molecule has 0 aromatic carbocycles. The van der Waals surface area contributed by atoms with Crippen molar-refractivity contribution in [2.24, 2.45) is 0 Å². The molecule has 2 aromatic rings. The van der Waals surface area contributed by atoms with Crippen LogP contribution in [0, 0.1) is 5.82 Å². The lowest BCUT2D eigenvalue weighted by Crippen LogP contribution is -2.08. The van der Waals surface area contributed by atoms with E-state index in [1.165, 1.54) is 12.1 Å². The van der Waals surface area contributed by atoms with Crippen LogP contribution in [0.15, 0.2) is 29.3 Å². The zero-order valence-corrected chi connectivity index (χ0v) is 7.70. The first-order valence-electron chi connectivity index (χ1n) is 4.37. The van der Waals surface area contributed by atoms with E-state index in [1.54, 1.807) is 10.8 Å². The zero-order chi connectivity index (χ0) is 10.1. The van der Waals surface area contributed by atoms with Crippen LogP contribution in [0.25, 0.3) is 11.0 Å². The van der Waals surface area contributed by atoms with E-state index in [9.17, 15) is 9.18 Å². The number of pyridine rings is 2. The van der Waals surface area contributed by atoms with Gasteiger partial charge in [-0.1, -0.05) is 0 Å². The monoisotopic (exact) mass is 192 g/mol. The molecule has 0 aliphatic carbocycles. The highest BCUT2D eigenvalue weighted by Gasteiger charge is 2.03. The number of aromatic nitrogens is 2. The van der Waals surface area contributed by atoms with E-state index in [4.69, 9.17) is 0 Å². The summed E-state index contributed by atoms with van der Waals surface area (Å²) in [6.45, 7) is 2.64. The van der Waals surface area contributed by atoms with Gasteiger partial charge in [0.25, 0.3) is 0 Å². The van der Waals surface area contributed by atoms with Crippen molar-refractivity contribution in [1.29, 1.82) is 0 Å². The van der Waals surface area contributed by atoms with Crippen molar-refractivity contribution in [3.8, 4) is 0 Å². The molecule has 0 N–H and O–H groups in total. The summed E-state index contributed by atoms with van der Waals surface area (Å²) in [7, 11) is 0. The maximum atomic E-state index is 12.8. The van der Waals surface area contributed by atoms with E-state index in [1.807, 2.05) is 6.92 Å². The van der Waals surface area contributed by atoms with Gasteiger partial charge in [-0.25, -0.2) is 9.37 Å². The number of nitrogens with zero attached hydrogens (tertiary/aromatic N) is 2. The molecule has 4 heteroatoms. The first-order chi connectivity index (χ1) is 6.72. The molecule has 2 heterocycles. The van der Waals surface area contributed by atoms with Gasteiger partial charge in [0.15, 0.2) is 5.43 Å². The van der Waals surface area contributed by atoms with Crippen molar-refractivity contribution in [1.82, 2.24) is 9.55 Å². The van der Waals surface area contributed by atoms with E-state index in [-0.39, 0.29) is 5.43 Å². The van der Waals surface area contributed by atoms with Crippen LogP contribution < -0.4 is 5.43 Å². The van der Waals surface area contributed by atoms with Crippen molar-refractivity contribution < 1.29 is 4.39 Å². The number of fused-ring (bicyclic) bond motifs is 1. The Balaban J connectivity index is 2.91. The Morgan fingerprint density at radius 2 is 2.36 bits per heavy atom. The first-order valence-corrected chi connectivity index (χ1v) is 4.37. The van der Waals surface area contributed by atoms with Gasteiger partial charge in [-0.3, -0.25) is 4.79 Å². The predicted molar refractivity (Wildman–Crippen MR) is 51.6 cm³/mol. The van der Waals surface area contributed by atoms with Gasteiger partial charge in [-0.15, -0.1) is 0 Å². The molecular formula is C10H9FN2O. The van der Waals surface area contributed by atoms with Crippen LogP contribution >= 0.6 is 0 Å². The Labute approximate surface area is 79.8 Å². The summed E-state index contributed by atoms with van der Waals surface area (Å²) in [5.74, 6) is -0.483. The lowest BCUT2D eigenvalue weighted by molar-refractivity contribution is 0.622. The van der Waals surface area contributed by atoms with Crippen LogP contribution in [-0.4, -0.2) is 9.55 Å². The Morgan fingerprint density at radius 3 is 3.07 bits per heavy atom. The summed E-state index contributed by atoms with van der Waals surface area (Å²) in [4.78, 5) is 15.3. The Kier molecular flexibility index (Phi) is 2.04. The summed E-state index contributed by atoms with van der Waals surface area (Å²) in [5.41, 5.74) is 0.332. The lowest BCUT2D eigenvalue weighted by atomic mass is 10.3. The highest BCUT2D eigenvalue weighted by molar-refractivity contribution is 5.74. The third-order valence-corrected chi connectivity index (χ3v) is 2.12. The van der Waals surface area contributed by atoms with E-state index in [0.29, 0.717) is 17.6 Å². The second-order valence-corrected chi connectivity index (χ2v) is 2.99. The van der Waals surface area contributed by atoms with Crippen LogP contribution in [0.3, 0.4) is 0 Å². The maximum Gasteiger partial charge on any atom is 0.191 e. The molecule has 14 heavy (non-hydrogen) atoms. The molecule has 2 rings (SSSR count). The molecule has 0 aliphatic heterocycles. The second-order valence-electron chi connectivity index (χ2n) is 2.99. The van der Waals surface area contributed by atoms with Gasteiger partial charge < -0.3 is 4.57 Å². The Morgan fingerprint density at radius 1 is 1.57 bits per heavy atom. The normalized spacial score (nSPS) is 10.7. The quantitative estimate of drug-likeness (QED) is 0.687. The molecule has 0 bridgehead atoms. The SMILES string of the molecule is CCn1ccc(=O)c2cc(F)cnc21. The van der Waals surface area contributed by atoms with Crippen LogP contribution in [-0.2, 0) is 6.54 Å². The minimum absolute atomic E-state index is 0.197. The van der Waals surface area contributed by atoms with Gasteiger partial charge in [0.05, 0.1) is 11.6 Å². The fraction of sp³-hybridized carbons (Fsp3) is 0.200. The summed E-state index contributed by atoms with van der Waals surface area (Å²) in [6, 6.07) is 2.64. The number of aryl methyl sites for hydroxylation is 1. The second kappa shape index (κ2) is 3.21. The third-order valence-electron chi connectivity index (χ3n) is 2.12. The Hall–Kier alpha value is -1.71. The molecule has 0 radical (unpaired) electrons. The summed E-state index contributed by atoms with van der Waals surface area (Å²) < 4.78 is 14.6. The molecule has 0 saturated carbocycles. The van der Waals surface area contributed by atoms with Crippen LogP contribution in [0.1, 0.15) is 6.92 Å². The van der Waals surface area contributed by atoms with Crippen molar-refractivity contribution in [2.75, 3.05) is 0 Å². The number of hydrogen-bond donors (Lipinski definition) is 0. The average molecular weight is 192 g/mol. The molecule has 0 fully saturated rings. The van der Waals surface area contributed by atoms with E-state index in [0.717, 1.165) is 6.20 Å². The fourth-order valence-electron chi connectivity index (χ4n) is 1.42. The molecule has 3 nitrogen and oxygen atoms in total. The summed E-state index contributed by atoms with van der Waals surface area (Å²) in [6.07, 6.45) is 2.78. The van der Waals surface area contributed by atoms with E-state index < -0.39 is 5.82 Å². The van der Waals surface area contributed by atoms with Crippen molar-refractivity contribution in [3.63, 3.8) is 0 Å². The van der Waals surface area contributed by atoms with Crippen LogP contribution in [0.4, 0.5) is 4.39 Å². The van der Waals surface area contributed by atoms with Gasteiger partial charge in [-0.05, 0) is 13.0 Å². The van der Waals surface area contributed by atoms with Gasteiger partial charge in [0.1, 0.15) is 11.5 Å². The molecule has 72 valence electrons. The highest BCUT2D eigenvalue weighted by Crippen LogP contribution is 2.08. The van der Waals surface area contributed by atoms with Gasteiger partial charge in [-0.2, -0.15) is 0 Å². The zero-order valence-electron chi connectivity index (χ0n) is 7.70. The topological polar surface area (TPSA) is 34.9 Å². The predicted octanol–water partition coefficient (Wildman–Crippen LogP) is 1.56. The third kappa shape index (κ3) is 1.28. The molecule has 0 unspecified atom stereocenters. The smallest absolute Gasteiger partial charge is 0.191 e.